The van der Waals surface area contributed by atoms with Crippen molar-refractivity contribution in [3.05, 3.63) is 48.0 Å². The molecule has 2 nitrogen and oxygen atoms in total. The summed E-state index contributed by atoms with van der Waals surface area (Å²) in [5.41, 5.74) is 1.33. The molecular formula is C17H23NOS. The van der Waals surface area contributed by atoms with E-state index in [0.29, 0.717) is 12.1 Å². The number of hydrogen-bond donors (Lipinski definition) is 1. The monoisotopic (exact) mass is 289 g/mol. The zero-order valence-corrected chi connectivity index (χ0v) is 13.2. The lowest BCUT2D eigenvalue weighted by molar-refractivity contribution is 0.472. The molecule has 0 aliphatic rings. The van der Waals surface area contributed by atoms with E-state index in [-0.39, 0.29) is 0 Å². The first-order valence-corrected chi connectivity index (χ1v) is 8.84. The van der Waals surface area contributed by atoms with Crippen LogP contribution >= 0.6 is 0 Å². The highest BCUT2D eigenvalue weighted by molar-refractivity contribution is 7.84. The molecule has 20 heavy (non-hydrogen) atoms. The highest BCUT2D eigenvalue weighted by atomic mass is 32.2. The Morgan fingerprint density at radius 2 is 1.80 bits per heavy atom. The molecule has 0 saturated carbocycles. The Kier molecular flexibility index (Phi) is 5.32. The highest BCUT2D eigenvalue weighted by Gasteiger charge is 2.12. The van der Waals surface area contributed by atoms with Crippen LogP contribution in [0.15, 0.2) is 42.5 Å². The minimum Gasteiger partial charge on any atom is -0.308 e. The van der Waals surface area contributed by atoms with E-state index in [9.17, 15) is 4.21 Å². The van der Waals surface area contributed by atoms with Gasteiger partial charge in [0, 0.05) is 34.9 Å². The van der Waals surface area contributed by atoms with E-state index in [4.69, 9.17) is 0 Å². The first-order valence-electron chi connectivity index (χ1n) is 7.11. The Morgan fingerprint density at radius 1 is 1.10 bits per heavy atom. The molecule has 108 valence electrons. The van der Waals surface area contributed by atoms with Gasteiger partial charge in [0.15, 0.2) is 0 Å². The number of hydrogen-bond acceptors (Lipinski definition) is 2. The van der Waals surface area contributed by atoms with Gasteiger partial charge in [0.1, 0.15) is 0 Å². The van der Waals surface area contributed by atoms with E-state index in [1.165, 1.54) is 16.3 Å². The van der Waals surface area contributed by atoms with Crippen molar-refractivity contribution in [2.24, 2.45) is 0 Å². The van der Waals surface area contributed by atoms with Gasteiger partial charge in [-0.1, -0.05) is 42.5 Å². The maximum Gasteiger partial charge on any atom is 0.0300 e. The fourth-order valence-electron chi connectivity index (χ4n) is 2.57. The molecule has 0 saturated heterocycles. The van der Waals surface area contributed by atoms with E-state index in [0.717, 1.165) is 12.2 Å². The van der Waals surface area contributed by atoms with Gasteiger partial charge in [-0.3, -0.25) is 4.21 Å². The highest BCUT2D eigenvalue weighted by Crippen LogP contribution is 2.24. The van der Waals surface area contributed by atoms with Crippen LogP contribution in [0.4, 0.5) is 0 Å². The third-order valence-electron chi connectivity index (χ3n) is 3.66. The zero-order valence-electron chi connectivity index (χ0n) is 12.4. The van der Waals surface area contributed by atoms with E-state index >= 15 is 0 Å². The second-order valence-electron chi connectivity index (χ2n) is 5.42. The van der Waals surface area contributed by atoms with E-state index < -0.39 is 10.8 Å². The molecular weight excluding hydrogens is 266 g/mol. The minimum absolute atomic E-state index is 0.293. The molecule has 3 unspecified atom stereocenters. The lowest BCUT2D eigenvalue weighted by Gasteiger charge is -2.21. The SMILES string of the molecule is CC(CCS(C)=O)NC(C)c1cccc2ccccc12. The summed E-state index contributed by atoms with van der Waals surface area (Å²) in [5.74, 6) is 0.760. The summed E-state index contributed by atoms with van der Waals surface area (Å²) in [6.07, 6.45) is 2.71. The van der Waals surface area contributed by atoms with Crippen LogP contribution in [0.5, 0.6) is 0 Å². The van der Waals surface area contributed by atoms with Crippen LogP contribution in [0, 0.1) is 0 Å². The van der Waals surface area contributed by atoms with Crippen LogP contribution in [0.3, 0.4) is 0 Å². The Morgan fingerprint density at radius 3 is 2.55 bits per heavy atom. The third-order valence-corrected chi connectivity index (χ3v) is 4.47. The second-order valence-corrected chi connectivity index (χ2v) is 6.98. The molecule has 0 radical (unpaired) electrons. The van der Waals surface area contributed by atoms with Crippen molar-refractivity contribution in [3.63, 3.8) is 0 Å². The predicted octanol–water partition coefficient (Wildman–Crippen LogP) is 3.65. The summed E-state index contributed by atoms with van der Waals surface area (Å²) in [7, 11) is -0.708. The normalized spacial score (nSPS) is 15.9. The van der Waals surface area contributed by atoms with E-state index in [2.05, 4.69) is 61.6 Å². The number of benzene rings is 2. The quantitative estimate of drug-likeness (QED) is 0.879. The van der Waals surface area contributed by atoms with E-state index in [1.807, 2.05) is 0 Å². The Bertz CT molecular complexity index is 591. The molecule has 0 bridgehead atoms. The molecule has 0 aliphatic heterocycles. The van der Waals surface area contributed by atoms with Gasteiger partial charge in [0.05, 0.1) is 0 Å². The van der Waals surface area contributed by atoms with Gasteiger partial charge in [-0.15, -0.1) is 0 Å². The Balaban J connectivity index is 2.11. The van der Waals surface area contributed by atoms with E-state index in [1.54, 1.807) is 6.26 Å². The molecule has 2 aromatic rings. The van der Waals surface area contributed by atoms with Gasteiger partial charge >= 0.3 is 0 Å². The molecule has 0 aliphatic carbocycles. The predicted molar refractivity (Wildman–Crippen MR) is 88.5 cm³/mol. The summed E-state index contributed by atoms with van der Waals surface area (Å²) in [6, 6.07) is 15.6. The fourth-order valence-corrected chi connectivity index (χ4v) is 3.26. The molecule has 0 amide bonds. The van der Waals surface area contributed by atoms with Crippen molar-refractivity contribution in [2.45, 2.75) is 32.4 Å². The molecule has 0 heterocycles. The van der Waals surface area contributed by atoms with Gasteiger partial charge in [0.2, 0.25) is 0 Å². The summed E-state index contributed by atoms with van der Waals surface area (Å²) in [5, 5.41) is 6.19. The van der Waals surface area contributed by atoms with Crippen molar-refractivity contribution in [3.8, 4) is 0 Å². The van der Waals surface area contributed by atoms with Crippen molar-refractivity contribution in [1.29, 1.82) is 0 Å². The molecule has 0 fully saturated rings. The maximum atomic E-state index is 11.2. The lowest BCUT2D eigenvalue weighted by Crippen LogP contribution is -2.30. The van der Waals surface area contributed by atoms with Crippen molar-refractivity contribution in [2.75, 3.05) is 12.0 Å². The van der Waals surface area contributed by atoms with Crippen LogP contribution < -0.4 is 5.32 Å². The standard InChI is InChI=1S/C17H23NOS/c1-13(11-12-20(3)19)18-14(2)16-10-6-8-15-7-4-5-9-17(15)16/h4-10,13-14,18H,11-12H2,1-3H3. The maximum absolute atomic E-state index is 11.2. The number of fused-ring (bicyclic) bond motifs is 1. The third kappa shape index (κ3) is 3.90. The van der Waals surface area contributed by atoms with Crippen molar-refractivity contribution in [1.82, 2.24) is 5.32 Å². The van der Waals surface area contributed by atoms with Crippen LogP contribution in [-0.2, 0) is 10.8 Å². The van der Waals surface area contributed by atoms with Crippen LogP contribution in [0.1, 0.15) is 31.9 Å². The smallest absolute Gasteiger partial charge is 0.0300 e. The summed E-state index contributed by atoms with van der Waals surface area (Å²) in [6.45, 7) is 4.36. The average molecular weight is 289 g/mol. The van der Waals surface area contributed by atoms with Gasteiger partial charge in [-0.2, -0.15) is 0 Å². The van der Waals surface area contributed by atoms with Crippen LogP contribution in [0.25, 0.3) is 10.8 Å². The first-order chi connectivity index (χ1) is 9.58. The molecule has 2 aromatic carbocycles. The number of rotatable bonds is 6. The second kappa shape index (κ2) is 7.00. The Hall–Kier alpha value is -1.19. The molecule has 0 spiro atoms. The van der Waals surface area contributed by atoms with Gasteiger partial charge < -0.3 is 5.32 Å². The molecule has 3 heteroatoms. The van der Waals surface area contributed by atoms with Crippen LogP contribution in [0.2, 0.25) is 0 Å². The topological polar surface area (TPSA) is 29.1 Å². The minimum atomic E-state index is -0.708. The summed E-state index contributed by atoms with van der Waals surface area (Å²) in [4.78, 5) is 0. The van der Waals surface area contributed by atoms with Gasteiger partial charge in [-0.05, 0) is 36.6 Å². The first kappa shape index (κ1) is 15.2. The lowest BCUT2D eigenvalue weighted by atomic mass is 9.99. The zero-order chi connectivity index (χ0) is 14.5. The summed E-state index contributed by atoms with van der Waals surface area (Å²) < 4.78 is 11.2. The molecule has 1 N–H and O–H groups in total. The van der Waals surface area contributed by atoms with Crippen LogP contribution in [-0.4, -0.2) is 22.3 Å². The largest absolute Gasteiger partial charge is 0.308 e. The molecule has 0 aromatic heterocycles. The van der Waals surface area contributed by atoms with Crippen molar-refractivity contribution >= 4 is 21.6 Å². The molecule has 2 rings (SSSR count). The van der Waals surface area contributed by atoms with Gasteiger partial charge in [-0.25, -0.2) is 0 Å². The number of nitrogens with one attached hydrogen (secondary N) is 1. The van der Waals surface area contributed by atoms with Gasteiger partial charge in [0.25, 0.3) is 0 Å². The fraction of sp³-hybridized carbons (Fsp3) is 0.412. The van der Waals surface area contributed by atoms with Crippen molar-refractivity contribution < 1.29 is 4.21 Å². The summed E-state index contributed by atoms with van der Waals surface area (Å²) >= 11 is 0. The average Bonchev–Trinajstić information content (AvgIpc) is 2.44. The Labute approximate surface area is 124 Å². The molecule has 3 atom stereocenters.